The van der Waals surface area contributed by atoms with Crippen LogP contribution < -0.4 is 10.6 Å². The van der Waals surface area contributed by atoms with Gasteiger partial charge in [-0.1, -0.05) is 6.92 Å². The van der Waals surface area contributed by atoms with E-state index in [1.165, 1.54) is 13.8 Å². The molecule has 2 unspecified atom stereocenters. The van der Waals surface area contributed by atoms with Crippen LogP contribution in [0.2, 0.25) is 0 Å². The Morgan fingerprint density at radius 1 is 1.53 bits per heavy atom. The fourth-order valence-corrected chi connectivity index (χ4v) is 1.56. The van der Waals surface area contributed by atoms with Gasteiger partial charge in [0.25, 0.3) is 0 Å². The van der Waals surface area contributed by atoms with E-state index in [9.17, 15) is 19.2 Å². The summed E-state index contributed by atoms with van der Waals surface area (Å²) in [6, 6.07) is -1.57. The van der Waals surface area contributed by atoms with Gasteiger partial charge in [0, 0.05) is 0 Å². The fraction of sp³-hybridized carbons (Fsp3) is 0.636. The SMILES string of the molecule is CCC(C)(NC(=O)N1CC(=O)NC(=O)C1C)C(=O)O. The Kier molecular flexibility index (Phi) is 4.13. The van der Waals surface area contributed by atoms with Crippen molar-refractivity contribution in [1.29, 1.82) is 0 Å². The zero-order chi connectivity index (χ0) is 14.8. The number of piperazine rings is 1. The molecule has 3 N–H and O–H groups in total. The summed E-state index contributed by atoms with van der Waals surface area (Å²) in [5.41, 5.74) is -1.44. The van der Waals surface area contributed by atoms with Crippen molar-refractivity contribution in [1.82, 2.24) is 15.5 Å². The van der Waals surface area contributed by atoms with Gasteiger partial charge in [-0.15, -0.1) is 0 Å². The molecule has 0 bridgehead atoms. The normalized spacial score (nSPS) is 22.5. The van der Waals surface area contributed by atoms with Crippen LogP contribution in [0.3, 0.4) is 0 Å². The Morgan fingerprint density at radius 3 is 2.58 bits per heavy atom. The first-order valence-electron chi connectivity index (χ1n) is 5.87. The Labute approximate surface area is 110 Å². The van der Waals surface area contributed by atoms with Gasteiger partial charge >= 0.3 is 12.0 Å². The molecule has 4 amide bonds. The number of carbonyl (C=O) groups is 4. The molecule has 0 aromatic rings. The minimum atomic E-state index is -1.44. The molecule has 0 radical (unpaired) electrons. The topological polar surface area (TPSA) is 116 Å². The van der Waals surface area contributed by atoms with Gasteiger partial charge in [-0.2, -0.15) is 0 Å². The number of urea groups is 1. The summed E-state index contributed by atoms with van der Waals surface area (Å²) >= 11 is 0. The molecule has 1 saturated heterocycles. The molecule has 8 nitrogen and oxygen atoms in total. The lowest BCUT2D eigenvalue weighted by Crippen LogP contribution is -2.64. The van der Waals surface area contributed by atoms with Gasteiger partial charge in [0.2, 0.25) is 11.8 Å². The van der Waals surface area contributed by atoms with Crippen LogP contribution in [0.15, 0.2) is 0 Å². The second-order valence-corrected chi connectivity index (χ2v) is 4.64. The van der Waals surface area contributed by atoms with E-state index in [1.54, 1.807) is 6.92 Å². The standard InChI is InChI=1S/C11H17N3O5/c1-4-11(3,9(17)18)13-10(19)14-5-7(15)12-8(16)6(14)2/h6H,4-5H2,1-3H3,(H,13,19)(H,17,18)(H,12,15,16). The van der Waals surface area contributed by atoms with E-state index in [4.69, 9.17) is 5.11 Å². The monoisotopic (exact) mass is 271 g/mol. The highest BCUT2D eigenvalue weighted by atomic mass is 16.4. The number of nitrogens with one attached hydrogen (secondary N) is 2. The van der Waals surface area contributed by atoms with Crippen molar-refractivity contribution in [3.8, 4) is 0 Å². The Balaban J connectivity index is 2.85. The Bertz CT molecular complexity index is 436. The zero-order valence-electron chi connectivity index (χ0n) is 11.0. The lowest BCUT2D eigenvalue weighted by atomic mass is 9.99. The molecule has 1 aliphatic heterocycles. The molecule has 19 heavy (non-hydrogen) atoms. The third-order valence-electron chi connectivity index (χ3n) is 3.25. The average molecular weight is 271 g/mol. The predicted octanol–water partition coefficient (Wildman–Crippen LogP) is -0.704. The Hall–Kier alpha value is -2.12. The molecule has 0 aromatic carbocycles. The molecular weight excluding hydrogens is 254 g/mol. The maximum Gasteiger partial charge on any atom is 0.329 e. The minimum Gasteiger partial charge on any atom is -0.480 e. The van der Waals surface area contributed by atoms with Crippen LogP contribution in [0.4, 0.5) is 4.79 Å². The van der Waals surface area contributed by atoms with Gasteiger partial charge in [-0.25, -0.2) is 9.59 Å². The summed E-state index contributed by atoms with van der Waals surface area (Å²) in [4.78, 5) is 46.8. The first kappa shape index (κ1) is 14.9. The van der Waals surface area contributed by atoms with Crippen LogP contribution in [0.1, 0.15) is 27.2 Å². The van der Waals surface area contributed by atoms with E-state index in [0.29, 0.717) is 0 Å². The lowest BCUT2D eigenvalue weighted by Gasteiger charge is -2.34. The largest absolute Gasteiger partial charge is 0.480 e. The van der Waals surface area contributed by atoms with Gasteiger partial charge < -0.3 is 15.3 Å². The van der Waals surface area contributed by atoms with Gasteiger partial charge in [0.05, 0.1) is 0 Å². The number of imide groups is 1. The van der Waals surface area contributed by atoms with E-state index in [0.717, 1.165) is 4.90 Å². The van der Waals surface area contributed by atoms with E-state index in [1.807, 2.05) is 0 Å². The molecule has 0 aromatic heterocycles. The van der Waals surface area contributed by atoms with E-state index < -0.39 is 35.4 Å². The van der Waals surface area contributed by atoms with Crippen molar-refractivity contribution in [3.05, 3.63) is 0 Å². The van der Waals surface area contributed by atoms with Gasteiger partial charge in [-0.05, 0) is 20.3 Å². The number of carboxylic acids is 1. The van der Waals surface area contributed by atoms with E-state index in [-0.39, 0.29) is 13.0 Å². The molecular formula is C11H17N3O5. The number of amides is 4. The van der Waals surface area contributed by atoms with Gasteiger partial charge in [0.15, 0.2) is 0 Å². The first-order valence-corrected chi connectivity index (χ1v) is 5.87. The number of aliphatic carboxylic acids is 1. The lowest BCUT2D eigenvalue weighted by molar-refractivity contribution is -0.143. The number of rotatable bonds is 3. The van der Waals surface area contributed by atoms with Crippen LogP contribution in [0.25, 0.3) is 0 Å². The van der Waals surface area contributed by atoms with Crippen molar-refractivity contribution < 1.29 is 24.3 Å². The van der Waals surface area contributed by atoms with Crippen LogP contribution >= 0.6 is 0 Å². The number of nitrogens with zero attached hydrogens (tertiary/aromatic N) is 1. The van der Waals surface area contributed by atoms with E-state index in [2.05, 4.69) is 10.6 Å². The van der Waals surface area contributed by atoms with E-state index >= 15 is 0 Å². The molecule has 0 spiro atoms. The van der Waals surface area contributed by atoms with Crippen LogP contribution in [0.5, 0.6) is 0 Å². The summed E-state index contributed by atoms with van der Waals surface area (Å²) in [5, 5.41) is 13.5. The third-order valence-corrected chi connectivity index (χ3v) is 3.25. The van der Waals surface area contributed by atoms with Crippen LogP contribution in [0, 0.1) is 0 Å². The molecule has 1 heterocycles. The summed E-state index contributed by atoms with van der Waals surface area (Å²) in [7, 11) is 0. The van der Waals surface area contributed by atoms with Gasteiger partial charge in [0.1, 0.15) is 18.1 Å². The second-order valence-electron chi connectivity index (χ2n) is 4.64. The maximum absolute atomic E-state index is 12.0. The zero-order valence-corrected chi connectivity index (χ0v) is 11.0. The summed E-state index contributed by atoms with van der Waals surface area (Å²) < 4.78 is 0. The fourth-order valence-electron chi connectivity index (χ4n) is 1.56. The minimum absolute atomic E-state index is 0.177. The number of hydrogen-bond donors (Lipinski definition) is 3. The van der Waals surface area contributed by atoms with Crippen molar-refractivity contribution in [2.45, 2.75) is 38.8 Å². The summed E-state index contributed by atoms with van der Waals surface area (Å²) in [6.07, 6.45) is 0.177. The van der Waals surface area contributed by atoms with Crippen molar-refractivity contribution in [2.75, 3.05) is 6.54 Å². The smallest absolute Gasteiger partial charge is 0.329 e. The average Bonchev–Trinajstić information content (AvgIpc) is 2.33. The number of carbonyl (C=O) groups excluding carboxylic acids is 3. The van der Waals surface area contributed by atoms with Crippen LogP contribution in [-0.2, 0) is 14.4 Å². The molecule has 1 fully saturated rings. The van der Waals surface area contributed by atoms with Crippen molar-refractivity contribution in [3.63, 3.8) is 0 Å². The highest BCUT2D eigenvalue weighted by Gasteiger charge is 2.39. The highest BCUT2D eigenvalue weighted by Crippen LogP contribution is 2.12. The highest BCUT2D eigenvalue weighted by molar-refractivity contribution is 6.04. The van der Waals surface area contributed by atoms with Gasteiger partial charge in [-0.3, -0.25) is 14.9 Å². The quantitative estimate of drug-likeness (QED) is 0.587. The van der Waals surface area contributed by atoms with Crippen molar-refractivity contribution in [2.24, 2.45) is 0 Å². The summed E-state index contributed by atoms with van der Waals surface area (Å²) in [6.45, 7) is 4.17. The first-order chi connectivity index (χ1) is 8.71. The third kappa shape index (κ3) is 3.01. The molecule has 1 rings (SSSR count). The molecule has 2 atom stereocenters. The predicted molar refractivity (Wildman–Crippen MR) is 64.2 cm³/mol. The van der Waals surface area contributed by atoms with Crippen LogP contribution in [-0.4, -0.2) is 51.9 Å². The number of carboxylic acid groups (broad SMARTS) is 1. The van der Waals surface area contributed by atoms with Crippen molar-refractivity contribution >= 4 is 23.8 Å². The Morgan fingerprint density at radius 2 is 2.11 bits per heavy atom. The molecule has 106 valence electrons. The second kappa shape index (κ2) is 5.25. The molecule has 8 heteroatoms. The molecule has 1 aliphatic rings. The molecule has 0 aliphatic carbocycles. The maximum atomic E-state index is 12.0. The summed E-state index contributed by atoms with van der Waals surface area (Å²) in [5.74, 6) is -2.35. The number of hydrogen-bond acceptors (Lipinski definition) is 4. The molecule has 0 saturated carbocycles.